The van der Waals surface area contributed by atoms with Gasteiger partial charge in [0.05, 0.1) is 0 Å². The van der Waals surface area contributed by atoms with Gasteiger partial charge in [-0.2, -0.15) is 0 Å². The van der Waals surface area contributed by atoms with Crippen molar-refractivity contribution in [3.8, 4) is 0 Å². The van der Waals surface area contributed by atoms with Crippen molar-refractivity contribution in [2.24, 2.45) is 0 Å². The summed E-state index contributed by atoms with van der Waals surface area (Å²) >= 11 is 5.95. The molecule has 0 unspecified atom stereocenters. The largest absolute Gasteiger partial charge is 0.216 e. The average Bonchev–Trinajstić information content (AvgIpc) is 2.06. The van der Waals surface area contributed by atoms with Gasteiger partial charge < -0.3 is 0 Å². The highest BCUT2D eigenvalue weighted by molar-refractivity contribution is 6.13. The van der Waals surface area contributed by atoms with Crippen molar-refractivity contribution < 1.29 is 0 Å². The van der Waals surface area contributed by atoms with Crippen molar-refractivity contribution >= 4 is 24.2 Å². The topological polar surface area (TPSA) is 3.24 Å². The van der Waals surface area contributed by atoms with Gasteiger partial charge in [0, 0.05) is 13.1 Å². The van der Waals surface area contributed by atoms with E-state index in [9.17, 15) is 0 Å². The van der Waals surface area contributed by atoms with Gasteiger partial charge in [-0.05, 0) is 23.8 Å². The molecule has 0 aliphatic carbocycles. The summed E-state index contributed by atoms with van der Waals surface area (Å²) in [6, 6.07) is 10.3. The monoisotopic (exact) mass is 219 g/mol. The van der Waals surface area contributed by atoms with Crippen molar-refractivity contribution in [3.63, 3.8) is 0 Å². The molecule has 0 aliphatic rings. The van der Waals surface area contributed by atoms with E-state index in [1.165, 1.54) is 5.56 Å². The van der Waals surface area contributed by atoms with E-state index in [0.717, 1.165) is 19.5 Å². The molecule has 0 saturated carbocycles. The number of benzene rings is 1. The van der Waals surface area contributed by atoms with Crippen molar-refractivity contribution in [2.75, 3.05) is 6.54 Å². The maximum absolute atomic E-state index is 5.95. The van der Waals surface area contributed by atoms with Crippen LogP contribution >= 0.6 is 24.2 Å². The number of hydrogen-bond donors (Lipinski definition) is 0. The van der Waals surface area contributed by atoms with Gasteiger partial charge in [0.15, 0.2) is 0 Å². The molecular weight excluding hydrogens is 205 g/mol. The van der Waals surface area contributed by atoms with E-state index in [-0.39, 0.29) is 12.4 Å². The normalized spacial score (nSPS) is 9.77. The Morgan fingerprint density at radius 3 is 2.38 bits per heavy atom. The molecule has 1 nitrogen and oxygen atoms in total. The first kappa shape index (κ1) is 12.8. The first-order valence-electron chi connectivity index (χ1n) is 4.27. The van der Waals surface area contributed by atoms with Crippen molar-refractivity contribution in [2.45, 2.75) is 19.9 Å². The van der Waals surface area contributed by atoms with Crippen molar-refractivity contribution in [1.82, 2.24) is 4.42 Å². The summed E-state index contributed by atoms with van der Waals surface area (Å²) < 4.78 is 1.81. The van der Waals surface area contributed by atoms with Crippen molar-refractivity contribution in [1.29, 1.82) is 0 Å². The van der Waals surface area contributed by atoms with Crippen LogP contribution in [0.4, 0.5) is 0 Å². The van der Waals surface area contributed by atoms with Crippen LogP contribution in [0, 0.1) is 0 Å². The van der Waals surface area contributed by atoms with Gasteiger partial charge in [0.25, 0.3) is 0 Å². The Balaban J connectivity index is 0.00000144. The molecule has 0 radical (unpaired) electrons. The van der Waals surface area contributed by atoms with Gasteiger partial charge in [-0.1, -0.05) is 37.3 Å². The average molecular weight is 220 g/mol. The maximum Gasteiger partial charge on any atom is 0.0389 e. The Bertz CT molecular complexity index is 213. The molecule has 3 heteroatoms. The second-order valence-corrected chi connectivity index (χ2v) is 3.31. The fourth-order valence-electron chi connectivity index (χ4n) is 1.10. The standard InChI is InChI=1S/C10H14ClN.ClH/c1-2-8-12(11)9-10-6-4-3-5-7-10;/h3-7H,2,8-9H2,1H3;1H. The van der Waals surface area contributed by atoms with Gasteiger partial charge >= 0.3 is 0 Å². The predicted molar refractivity (Wildman–Crippen MR) is 60.2 cm³/mol. The third-order valence-corrected chi connectivity index (χ3v) is 1.95. The summed E-state index contributed by atoms with van der Waals surface area (Å²) in [6.07, 6.45) is 1.09. The van der Waals surface area contributed by atoms with E-state index in [1.807, 2.05) is 22.6 Å². The SMILES string of the molecule is CCCN(Cl)Cc1ccccc1.Cl. The minimum atomic E-state index is 0. The molecule has 0 bridgehead atoms. The van der Waals surface area contributed by atoms with Crippen LogP contribution in [-0.2, 0) is 6.54 Å². The first-order valence-corrected chi connectivity index (χ1v) is 4.61. The highest BCUT2D eigenvalue weighted by Gasteiger charge is 1.98. The van der Waals surface area contributed by atoms with Crippen LogP contribution in [0.5, 0.6) is 0 Å². The quantitative estimate of drug-likeness (QED) is 0.702. The predicted octanol–water partition coefficient (Wildman–Crippen LogP) is 3.47. The van der Waals surface area contributed by atoms with Crippen LogP contribution in [0.15, 0.2) is 30.3 Å². The Kier molecular flexibility index (Phi) is 7.06. The summed E-state index contributed by atoms with van der Waals surface area (Å²) in [5, 5.41) is 0. The molecule has 0 aromatic heterocycles. The van der Waals surface area contributed by atoms with Crippen LogP contribution in [0.1, 0.15) is 18.9 Å². The minimum Gasteiger partial charge on any atom is -0.216 e. The second-order valence-electron chi connectivity index (χ2n) is 2.83. The molecule has 0 aliphatic heterocycles. The zero-order chi connectivity index (χ0) is 8.81. The zero-order valence-electron chi connectivity index (χ0n) is 7.74. The lowest BCUT2D eigenvalue weighted by Gasteiger charge is -2.11. The highest BCUT2D eigenvalue weighted by Crippen LogP contribution is 2.06. The zero-order valence-corrected chi connectivity index (χ0v) is 9.31. The highest BCUT2D eigenvalue weighted by atomic mass is 35.5. The fourth-order valence-corrected chi connectivity index (χ4v) is 1.41. The van der Waals surface area contributed by atoms with E-state index in [4.69, 9.17) is 11.8 Å². The van der Waals surface area contributed by atoms with E-state index in [2.05, 4.69) is 19.1 Å². The molecule has 1 aromatic rings. The Hall–Kier alpha value is -0.240. The molecule has 0 N–H and O–H groups in total. The molecule has 0 atom stereocenters. The van der Waals surface area contributed by atoms with E-state index >= 15 is 0 Å². The third-order valence-electron chi connectivity index (χ3n) is 1.66. The van der Waals surface area contributed by atoms with Crippen LogP contribution in [0.25, 0.3) is 0 Å². The van der Waals surface area contributed by atoms with Crippen LogP contribution < -0.4 is 0 Å². The van der Waals surface area contributed by atoms with Crippen LogP contribution in [-0.4, -0.2) is 11.0 Å². The molecule has 74 valence electrons. The summed E-state index contributed by atoms with van der Waals surface area (Å²) in [7, 11) is 0. The smallest absolute Gasteiger partial charge is 0.0389 e. The number of rotatable bonds is 4. The molecule has 0 saturated heterocycles. The molecular formula is C10H15Cl2N. The Labute approximate surface area is 91.2 Å². The van der Waals surface area contributed by atoms with E-state index < -0.39 is 0 Å². The Morgan fingerprint density at radius 1 is 1.23 bits per heavy atom. The molecule has 1 rings (SSSR count). The maximum atomic E-state index is 5.95. The Morgan fingerprint density at radius 2 is 1.85 bits per heavy atom. The minimum absolute atomic E-state index is 0. The lowest BCUT2D eigenvalue weighted by atomic mass is 10.2. The first-order chi connectivity index (χ1) is 5.83. The lowest BCUT2D eigenvalue weighted by molar-refractivity contribution is 0.449. The molecule has 13 heavy (non-hydrogen) atoms. The lowest BCUT2D eigenvalue weighted by Crippen LogP contribution is -2.11. The number of nitrogens with zero attached hydrogens (tertiary/aromatic N) is 1. The summed E-state index contributed by atoms with van der Waals surface area (Å²) in [4.78, 5) is 0. The molecule has 1 aromatic carbocycles. The van der Waals surface area contributed by atoms with Crippen LogP contribution in [0.2, 0.25) is 0 Å². The van der Waals surface area contributed by atoms with E-state index in [1.54, 1.807) is 0 Å². The van der Waals surface area contributed by atoms with Gasteiger partial charge in [-0.25, -0.2) is 4.42 Å². The number of halogens is 2. The summed E-state index contributed by atoms with van der Waals surface area (Å²) in [5.74, 6) is 0. The third kappa shape index (κ3) is 5.14. The van der Waals surface area contributed by atoms with Gasteiger partial charge in [-0.3, -0.25) is 0 Å². The second kappa shape index (κ2) is 7.19. The van der Waals surface area contributed by atoms with Gasteiger partial charge in [0.2, 0.25) is 0 Å². The molecule has 0 amide bonds. The summed E-state index contributed by atoms with van der Waals surface area (Å²) in [6.45, 7) is 3.90. The van der Waals surface area contributed by atoms with Crippen LogP contribution in [0.3, 0.4) is 0 Å². The number of hydrogen-bond acceptors (Lipinski definition) is 1. The molecule has 0 spiro atoms. The molecule has 0 heterocycles. The summed E-state index contributed by atoms with van der Waals surface area (Å²) in [5.41, 5.74) is 1.26. The van der Waals surface area contributed by atoms with Gasteiger partial charge in [-0.15, -0.1) is 12.4 Å². The fraction of sp³-hybridized carbons (Fsp3) is 0.400. The van der Waals surface area contributed by atoms with E-state index in [0.29, 0.717) is 0 Å². The van der Waals surface area contributed by atoms with Gasteiger partial charge in [0.1, 0.15) is 0 Å². The van der Waals surface area contributed by atoms with Crippen molar-refractivity contribution in [3.05, 3.63) is 35.9 Å². The molecule has 0 fully saturated rings.